The number of imidazole rings is 1. The lowest BCUT2D eigenvalue weighted by Crippen LogP contribution is -2.40. The Bertz CT molecular complexity index is 1220. The second kappa shape index (κ2) is 7.59. The van der Waals surface area contributed by atoms with Crippen molar-refractivity contribution in [2.45, 2.75) is 38.6 Å². The Morgan fingerprint density at radius 2 is 1.97 bits per heavy atom. The average Bonchev–Trinajstić information content (AvgIpc) is 3.34. The molecule has 0 radical (unpaired) electrons. The van der Waals surface area contributed by atoms with Gasteiger partial charge in [-0.25, -0.2) is 4.98 Å². The van der Waals surface area contributed by atoms with Crippen LogP contribution in [0.2, 0.25) is 0 Å². The summed E-state index contributed by atoms with van der Waals surface area (Å²) in [4.78, 5) is 19.9. The van der Waals surface area contributed by atoms with Gasteiger partial charge in [-0.2, -0.15) is 5.10 Å². The van der Waals surface area contributed by atoms with Crippen molar-refractivity contribution < 1.29 is 4.79 Å². The largest absolute Gasteiger partial charge is 0.342 e. The zero-order chi connectivity index (χ0) is 20.7. The molecule has 2 aromatic carbocycles. The van der Waals surface area contributed by atoms with Gasteiger partial charge in [-0.05, 0) is 43.5 Å². The maximum absolute atomic E-state index is 13.0. The topological polar surface area (TPSA) is 56.0 Å². The van der Waals surface area contributed by atoms with Crippen molar-refractivity contribution >= 4 is 27.8 Å². The lowest BCUT2D eigenvalue weighted by atomic mass is 9.97. The molecule has 3 heterocycles. The number of aryl methyl sites for hydroxylation is 3. The van der Waals surface area contributed by atoms with Crippen LogP contribution in [0.1, 0.15) is 36.6 Å². The third-order valence-corrected chi connectivity index (χ3v) is 6.40. The highest BCUT2D eigenvalue weighted by atomic mass is 16.2. The minimum atomic E-state index is 0.203. The molecule has 6 nitrogen and oxygen atoms in total. The van der Waals surface area contributed by atoms with E-state index in [1.807, 2.05) is 34.0 Å². The van der Waals surface area contributed by atoms with Gasteiger partial charge in [0.15, 0.2) is 0 Å². The SMILES string of the molecule is Cc1cccc2c1cnn2CCC(=O)N1CCCC(c2nc3ccccc3n2C)C1. The van der Waals surface area contributed by atoms with E-state index < -0.39 is 0 Å². The number of piperidine rings is 1. The number of aromatic nitrogens is 4. The fourth-order valence-electron chi connectivity index (χ4n) is 4.73. The Labute approximate surface area is 176 Å². The van der Waals surface area contributed by atoms with Crippen molar-refractivity contribution in [1.82, 2.24) is 24.2 Å². The van der Waals surface area contributed by atoms with Crippen LogP contribution in [0.4, 0.5) is 0 Å². The molecule has 1 fully saturated rings. The number of fused-ring (bicyclic) bond motifs is 2. The molecule has 1 unspecified atom stereocenters. The number of para-hydroxylation sites is 2. The molecule has 0 saturated carbocycles. The molecule has 1 aliphatic rings. The highest BCUT2D eigenvalue weighted by Gasteiger charge is 2.27. The summed E-state index contributed by atoms with van der Waals surface area (Å²) in [5.41, 5.74) is 4.49. The van der Waals surface area contributed by atoms with Gasteiger partial charge < -0.3 is 9.47 Å². The summed E-state index contributed by atoms with van der Waals surface area (Å²) in [7, 11) is 2.08. The third-order valence-electron chi connectivity index (χ3n) is 6.40. The summed E-state index contributed by atoms with van der Waals surface area (Å²) in [6, 6.07) is 14.4. The smallest absolute Gasteiger partial charge is 0.224 e. The van der Waals surface area contributed by atoms with Gasteiger partial charge in [0.1, 0.15) is 5.82 Å². The first-order valence-corrected chi connectivity index (χ1v) is 10.7. The van der Waals surface area contributed by atoms with Crippen LogP contribution in [0.5, 0.6) is 0 Å². The molecule has 30 heavy (non-hydrogen) atoms. The quantitative estimate of drug-likeness (QED) is 0.519. The summed E-state index contributed by atoms with van der Waals surface area (Å²) in [5.74, 6) is 1.57. The molecule has 2 aromatic heterocycles. The van der Waals surface area contributed by atoms with E-state index in [0.717, 1.165) is 53.7 Å². The summed E-state index contributed by atoms with van der Waals surface area (Å²) in [5, 5.41) is 5.66. The maximum atomic E-state index is 13.0. The van der Waals surface area contributed by atoms with Crippen LogP contribution in [0.25, 0.3) is 21.9 Å². The molecule has 0 aliphatic carbocycles. The first-order chi connectivity index (χ1) is 14.6. The molecular weight excluding hydrogens is 374 g/mol. The van der Waals surface area contributed by atoms with Crippen LogP contribution >= 0.6 is 0 Å². The number of likely N-dealkylation sites (tertiary alicyclic amines) is 1. The molecule has 5 rings (SSSR count). The molecular formula is C24H27N5O. The van der Waals surface area contributed by atoms with Crippen molar-refractivity contribution in [3.63, 3.8) is 0 Å². The molecule has 0 N–H and O–H groups in total. The molecule has 6 heteroatoms. The highest BCUT2D eigenvalue weighted by Crippen LogP contribution is 2.29. The van der Waals surface area contributed by atoms with E-state index in [2.05, 4.69) is 47.9 Å². The number of carbonyl (C=O) groups excluding carboxylic acids is 1. The Hall–Kier alpha value is -3.15. The van der Waals surface area contributed by atoms with Gasteiger partial charge in [-0.3, -0.25) is 9.48 Å². The molecule has 1 aliphatic heterocycles. The lowest BCUT2D eigenvalue weighted by Gasteiger charge is -2.32. The molecule has 4 aromatic rings. The van der Waals surface area contributed by atoms with Gasteiger partial charge in [0.2, 0.25) is 5.91 Å². The fourth-order valence-corrected chi connectivity index (χ4v) is 4.73. The number of hydrogen-bond donors (Lipinski definition) is 0. The summed E-state index contributed by atoms with van der Waals surface area (Å²) in [6.45, 7) is 4.28. The predicted molar refractivity (Wildman–Crippen MR) is 118 cm³/mol. The number of hydrogen-bond acceptors (Lipinski definition) is 3. The van der Waals surface area contributed by atoms with Crippen molar-refractivity contribution in [3.05, 3.63) is 60.0 Å². The second-order valence-corrected chi connectivity index (χ2v) is 8.32. The standard InChI is InChI=1S/C24H27N5O/c1-17-7-5-11-21-19(17)15-25-29(21)14-12-23(30)28-13-6-8-18(16-28)24-26-20-9-3-4-10-22(20)27(24)2/h3-5,7,9-11,15,18H,6,8,12-14,16H2,1-2H3. The van der Waals surface area contributed by atoms with E-state index in [4.69, 9.17) is 4.98 Å². The van der Waals surface area contributed by atoms with Crippen molar-refractivity contribution in [3.8, 4) is 0 Å². The minimum absolute atomic E-state index is 0.203. The minimum Gasteiger partial charge on any atom is -0.342 e. The van der Waals surface area contributed by atoms with Gasteiger partial charge in [0.05, 0.1) is 29.3 Å². The monoisotopic (exact) mass is 401 g/mol. The maximum Gasteiger partial charge on any atom is 0.224 e. The number of carbonyl (C=O) groups is 1. The molecule has 1 saturated heterocycles. The van der Waals surface area contributed by atoms with Gasteiger partial charge in [-0.15, -0.1) is 0 Å². The van der Waals surface area contributed by atoms with Gasteiger partial charge in [0, 0.05) is 37.9 Å². The number of benzene rings is 2. The predicted octanol–water partition coefficient (Wildman–Crippen LogP) is 4.03. The van der Waals surface area contributed by atoms with Crippen molar-refractivity contribution in [2.75, 3.05) is 13.1 Å². The summed E-state index contributed by atoms with van der Waals surface area (Å²) in [6.07, 6.45) is 4.46. The first-order valence-electron chi connectivity index (χ1n) is 10.7. The van der Waals surface area contributed by atoms with E-state index in [0.29, 0.717) is 13.0 Å². The molecule has 1 amide bonds. The Kier molecular flexibility index (Phi) is 4.77. The normalized spacial score (nSPS) is 17.1. The molecule has 0 bridgehead atoms. The lowest BCUT2D eigenvalue weighted by molar-refractivity contribution is -0.132. The van der Waals surface area contributed by atoms with Crippen LogP contribution in [0, 0.1) is 6.92 Å². The first kappa shape index (κ1) is 18.9. The summed E-state index contributed by atoms with van der Waals surface area (Å²) < 4.78 is 4.14. The Morgan fingerprint density at radius 3 is 2.83 bits per heavy atom. The third kappa shape index (κ3) is 3.26. The van der Waals surface area contributed by atoms with E-state index in [-0.39, 0.29) is 11.8 Å². The summed E-state index contributed by atoms with van der Waals surface area (Å²) >= 11 is 0. The van der Waals surface area contributed by atoms with Crippen LogP contribution in [0.15, 0.2) is 48.7 Å². The van der Waals surface area contributed by atoms with Crippen LogP contribution in [-0.2, 0) is 18.4 Å². The van der Waals surface area contributed by atoms with Crippen LogP contribution < -0.4 is 0 Å². The zero-order valence-corrected chi connectivity index (χ0v) is 17.6. The van der Waals surface area contributed by atoms with Crippen molar-refractivity contribution in [1.29, 1.82) is 0 Å². The zero-order valence-electron chi connectivity index (χ0n) is 17.6. The van der Waals surface area contributed by atoms with Gasteiger partial charge >= 0.3 is 0 Å². The Balaban J connectivity index is 1.29. The molecule has 1 atom stereocenters. The number of amides is 1. The Morgan fingerprint density at radius 1 is 1.13 bits per heavy atom. The van der Waals surface area contributed by atoms with E-state index in [9.17, 15) is 4.79 Å². The fraction of sp³-hybridized carbons (Fsp3) is 0.375. The van der Waals surface area contributed by atoms with Gasteiger partial charge in [-0.1, -0.05) is 24.3 Å². The van der Waals surface area contributed by atoms with E-state index in [1.54, 1.807) is 0 Å². The highest BCUT2D eigenvalue weighted by molar-refractivity contribution is 5.82. The van der Waals surface area contributed by atoms with E-state index >= 15 is 0 Å². The molecule has 0 spiro atoms. The van der Waals surface area contributed by atoms with Crippen LogP contribution in [-0.4, -0.2) is 43.2 Å². The average molecular weight is 402 g/mol. The van der Waals surface area contributed by atoms with Crippen LogP contribution in [0.3, 0.4) is 0 Å². The molecule has 154 valence electrons. The second-order valence-electron chi connectivity index (χ2n) is 8.32. The van der Waals surface area contributed by atoms with Crippen molar-refractivity contribution in [2.24, 2.45) is 7.05 Å². The number of nitrogens with zero attached hydrogens (tertiary/aromatic N) is 5. The number of rotatable bonds is 4. The van der Waals surface area contributed by atoms with E-state index in [1.165, 1.54) is 5.56 Å². The van der Waals surface area contributed by atoms with Gasteiger partial charge in [0.25, 0.3) is 0 Å².